The highest BCUT2D eigenvalue weighted by molar-refractivity contribution is 5.84. The van der Waals surface area contributed by atoms with Crippen molar-refractivity contribution in [3.8, 4) is 11.3 Å². The predicted octanol–water partition coefficient (Wildman–Crippen LogP) is 5.20. The zero-order valence-electron chi connectivity index (χ0n) is 19.3. The number of hydrogen-bond donors (Lipinski definition) is 1. The van der Waals surface area contributed by atoms with Crippen molar-refractivity contribution in [2.45, 2.75) is 32.6 Å². The Labute approximate surface area is 197 Å². The average molecular weight is 451 g/mol. The molecule has 6 rings (SSSR count). The number of nitrogens with zero attached hydrogens (tertiary/aromatic N) is 7. The van der Waals surface area contributed by atoms with E-state index < -0.39 is 0 Å². The second kappa shape index (κ2) is 8.37. The fraction of sp³-hybridized carbons (Fsp3) is 0.269. The molecule has 5 heterocycles. The maximum Gasteiger partial charge on any atom is 0.227 e. The van der Waals surface area contributed by atoms with Crippen LogP contribution in [0, 0.1) is 0 Å². The van der Waals surface area contributed by atoms with Crippen molar-refractivity contribution in [2.75, 3.05) is 23.3 Å². The molecule has 0 atom stereocenters. The summed E-state index contributed by atoms with van der Waals surface area (Å²) in [5, 5.41) is 4.31. The second-order valence-electron chi connectivity index (χ2n) is 9.01. The average Bonchev–Trinajstić information content (AvgIpc) is 3.54. The molecule has 0 unspecified atom stereocenters. The Morgan fingerprint density at radius 2 is 1.79 bits per heavy atom. The van der Waals surface area contributed by atoms with Gasteiger partial charge in [-0.05, 0) is 43.0 Å². The molecule has 5 aromatic rings. The van der Waals surface area contributed by atoms with Gasteiger partial charge in [0.25, 0.3) is 0 Å². The van der Waals surface area contributed by atoms with Crippen LogP contribution < -0.4 is 10.2 Å². The van der Waals surface area contributed by atoms with E-state index in [0.29, 0.717) is 11.9 Å². The van der Waals surface area contributed by atoms with Crippen molar-refractivity contribution in [2.24, 2.45) is 0 Å². The smallest absolute Gasteiger partial charge is 0.227 e. The van der Waals surface area contributed by atoms with Gasteiger partial charge in [0.05, 0.1) is 11.2 Å². The molecule has 1 aromatic carbocycles. The molecule has 1 aliphatic rings. The number of imidazole rings is 1. The lowest BCUT2D eigenvalue weighted by molar-refractivity contribution is 0.809. The molecule has 0 spiro atoms. The molecule has 34 heavy (non-hydrogen) atoms. The second-order valence-corrected chi connectivity index (χ2v) is 9.01. The minimum absolute atomic E-state index is 0.410. The monoisotopic (exact) mass is 450 g/mol. The lowest BCUT2D eigenvalue weighted by Gasteiger charge is -2.15. The van der Waals surface area contributed by atoms with Crippen LogP contribution >= 0.6 is 0 Å². The van der Waals surface area contributed by atoms with Crippen LogP contribution in [0.1, 0.15) is 38.3 Å². The van der Waals surface area contributed by atoms with Crippen molar-refractivity contribution in [1.82, 2.24) is 29.3 Å². The van der Waals surface area contributed by atoms with Crippen LogP contribution in [0.25, 0.3) is 27.8 Å². The van der Waals surface area contributed by atoms with Gasteiger partial charge < -0.3 is 14.6 Å². The fourth-order valence-electron chi connectivity index (χ4n) is 4.47. The third-order valence-corrected chi connectivity index (χ3v) is 6.30. The van der Waals surface area contributed by atoms with Crippen LogP contribution in [0.15, 0.2) is 61.2 Å². The van der Waals surface area contributed by atoms with Gasteiger partial charge in [0, 0.05) is 66.3 Å². The maximum atomic E-state index is 4.76. The molecule has 1 N–H and O–H groups in total. The van der Waals surface area contributed by atoms with Crippen LogP contribution in [0.5, 0.6) is 0 Å². The Balaban J connectivity index is 1.26. The van der Waals surface area contributed by atoms with E-state index in [1.807, 2.05) is 42.9 Å². The first-order valence-electron chi connectivity index (χ1n) is 11.7. The highest BCUT2D eigenvalue weighted by Gasteiger charge is 2.15. The Hall–Kier alpha value is -4.07. The number of pyridine rings is 1. The molecule has 0 bridgehead atoms. The number of anilines is 3. The molecular weight excluding hydrogens is 424 g/mol. The molecule has 1 fully saturated rings. The summed E-state index contributed by atoms with van der Waals surface area (Å²) in [6.07, 6.45) is 10.1. The molecule has 0 saturated carbocycles. The molecule has 1 saturated heterocycles. The maximum absolute atomic E-state index is 4.76. The zero-order valence-corrected chi connectivity index (χ0v) is 19.3. The van der Waals surface area contributed by atoms with Gasteiger partial charge in [-0.15, -0.1) is 0 Å². The first-order chi connectivity index (χ1) is 16.6. The molecule has 1 aliphatic heterocycles. The van der Waals surface area contributed by atoms with Crippen molar-refractivity contribution >= 4 is 34.1 Å². The van der Waals surface area contributed by atoms with Gasteiger partial charge in [0.15, 0.2) is 0 Å². The Bertz CT molecular complexity index is 1480. The van der Waals surface area contributed by atoms with Gasteiger partial charge in [-0.25, -0.2) is 24.9 Å². The van der Waals surface area contributed by atoms with Gasteiger partial charge >= 0.3 is 0 Å². The molecule has 8 nitrogen and oxygen atoms in total. The number of benzene rings is 1. The van der Waals surface area contributed by atoms with E-state index in [4.69, 9.17) is 9.97 Å². The van der Waals surface area contributed by atoms with Crippen LogP contribution in [0.2, 0.25) is 0 Å². The summed E-state index contributed by atoms with van der Waals surface area (Å²) in [4.78, 5) is 25.3. The first-order valence-corrected chi connectivity index (χ1v) is 11.7. The molecular formula is C26H26N8. The van der Waals surface area contributed by atoms with Crippen LogP contribution in [-0.4, -0.2) is 42.4 Å². The summed E-state index contributed by atoms with van der Waals surface area (Å²) in [6.45, 7) is 6.40. The summed E-state index contributed by atoms with van der Waals surface area (Å²) in [5.41, 5.74) is 5.77. The largest absolute Gasteiger partial charge is 0.341 e. The van der Waals surface area contributed by atoms with Crippen LogP contribution in [0.4, 0.5) is 17.6 Å². The topological polar surface area (TPSA) is 84.1 Å². The highest BCUT2D eigenvalue weighted by atomic mass is 15.3. The van der Waals surface area contributed by atoms with E-state index in [2.05, 4.69) is 55.5 Å². The minimum atomic E-state index is 0.410. The molecule has 8 heteroatoms. The van der Waals surface area contributed by atoms with Gasteiger partial charge in [-0.2, -0.15) is 0 Å². The van der Waals surface area contributed by atoms with Crippen molar-refractivity contribution in [1.29, 1.82) is 0 Å². The van der Waals surface area contributed by atoms with Crippen LogP contribution in [0.3, 0.4) is 0 Å². The van der Waals surface area contributed by atoms with E-state index in [9.17, 15) is 0 Å². The SMILES string of the molecule is CC(C)c1cnc2cc(Nc3nccc(-c4ccc5nc(N6CCCC6)ncc5c4)n3)ccn12. The number of fused-ring (bicyclic) bond motifs is 2. The van der Waals surface area contributed by atoms with E-state index in [1.165, 1.54) is 18.5 Å². The van der Waals surface area contributed by atoms with E-state index >= 15 is 0 Å². The highest BCUT2D eigenvalue weighted by Crippen LogP contribution is 2.26. The summed E-state index contributed by atoms with van der Waals surface area (Å²) in [6, 6.07) is 12.1. The molecule has 0 amide bonds. The molecule has 4 aromatic heterocycles. The number of aromatic nitrogens is 6. The van der Waals surface area contributed by atoms with E-state index in [1.54, 1.807) is 6.20 Å². The number of hydrogen-bond acceptors (Lipinski definition) is 7. The molecule has 0 radical (unpaired) electrons. The quantitative estimate of drug-likeness (QED) is 0.394. The third kappa shape index (κ3) is 3.81. The van der Waals surface area contributed by atoms with E-state index in [-0.39, 0.29) is 0 Å². The zero-order chi connectivity index (χ0) is 23.1. The Morgan fingerprint density at radius 3 is 2.65 bits per heavy atom. The molecule has 170 valence electrons. The summed E-state index contributed by atoms with van der Waals surface area (Å²) < 4.78 is 2.11. The van der Waals surface area contributed by atoms with Crippen molar-refractivity contribution < 1.29 is 0 Å². The third-order valence-electron chi connectivity index (χ3n) is 6.30. The lowest BCUT2D eigenvalue weighted by Crippen LogP contribution is -2.20. The fourth-order valence-corrected chi connectivity index (χ4v) is 4.47. The number of rotatable bonds is 5. The van der Waals surface area contributed by atoms with Crippen molar-refractivity contribution in [3.05, 3.63) is 66.9 Å². The van der Waals surface area contributed by atoms with E-state index in [0.717, 1.165) is 52.5 Å². The Kier molecular flexibility index (Phi) is 5.05. The lowest BCUT2D eigenvalue weighted by atomic mass is 10.1. The summed E-state index contributed by atoms with van der Waals surface area (Å²) >= 11 is 0. The van der Waals surface area contributed by atoms with Gasteiger partial charge in [0.1, 0.15) is 5.65 Å². The van der Waals surface area contributed by atoms with Gasteiger partial charge in [0.2, 0.25) is 11.9 Å². The normalized spacial score (nSPS) is 13.9. The Morgan fingerprint density at radius 1 is 0.912 bits per heavy atom. The molecule has 0 aliphatic carbocycles. The van der Waals surface area contributed by atoms with Crippen molar-refractivity contribution in [3.63, 3.8) is 0 Å². The van der Waals surface area contributed by atoms with Gasteiger partial charge in [-0.1, -0.05) is 19.9 Å². The van der Waals surface area contributed by atoms with Gasteiger partial charge in [-0.3, -0.25) is 0 Å². The predicted molar refractivity (Wildman–Crippen MR) is 135 cm³/mol. The summed E-state index contributed by atoms with van der Waals surface area (Å²) in [7, 11) is 0. The first kappa shape index (κ1) is 20.5. The minimum Gasteiger partial charge on any atom is -0.341 e. The number of nitrogens with one attached hydrogen (secondary N) is 1. The summed E-state index contributed by atoms with van der Waals surface area (Å²) in [5.74, 6) is 1.77. The standard InChI is InChI=1S/C26H26N8/c1-17(2)23-16-28-24-14-20(8-12-34(23)24)30-25-27-9-7-22(31-25)18-5-6-21-19(13-18)15-29-26(32-21)33-10-3-4-11-33/h5-9,12-17H,3-4,10-11H2,1-2H3,(H,27,30,31). The van der Waals surface area contributed by atoms with Crippen LogP contribution in [-0.2, 0) is 0 Å².